The first-order valence-corrected chi connectivity index (χ1v) is 10.5. The molecular formula is C23H26BrN3O3. The van der Waals surface area contributed by atoms with Crippen LogP contribution in [0.1, 0.15) is 31.4 Å². The Kier molecular flexibility index (Phi) is 9.80. The molecule has 3 rings (SSSR count). The molecule has 0 aliphatic carbocycles. The average molecular weight is 472 g/mol. The molecule has 7 heteroatoms. The monoisotopic (exact) mass is 471 g/mol. The van der Waals surface area contributed by atoms with Gasteiger partial charge in [0.1, 0.15) is 18.2 Å². The van der Waals surface area contributed by atoms with Gasteiger partial charge in [0, 0.05) is 22.8 Å². The van der Waals surface area contributed by atoms with Crippen LogP contribution in [-0.4, -0.2) is 21.3 Å². The first-order chi connectivity index (χ1) is 14.5. The van der Waals surface area contributed by atoms with E-state index in [1.165, 1.54) is 0 Å². The van der Waals surface area contributed by atoms with Crippen LogP contribution in [-0.2, 0) is 17.9 Å². The van der Waals surface area contributed by atoms with Crippen molar-refractivity contribution in [2.45, 2.75) is 33.4 Å². The predicted octanol–water partition coefficient (Wildman–Crippen LogP) is 5.55. The summed E-state index contributed by atoms with van der Waals surface area (Å²) in [5.41, 5.74) is 2.20. The first-order valence-electron chi connectivity index (χ1n) is 9.69. The second-order valence-electron chi connectivity index (χ2n) is 6.64. The summed E-state index contributed by atoms with van der Waals surface area (Å²) in [5.74, 6) is 0.706. The highest BCUT2D eigenvalue weighted by Gasteiger charge is 2.06. The summed E-state index contributed by atoms with van der Waals surface area (Å²) in [6.07, 6.45) is 2.37. The third-order valence-electron chi connectivity index (χ3n) is 4.33. The molecule has 1 unspecified atom stereocenters. The topological polar surface area (TPSA) is 84.3 Å². The summed E-state index contributed by atoms with van der Waals surface area (Å²) in [6.45, 7) is 4.71. The standard InChI is InChI=1S/C18H16BrN3O.C5H10O2/c19-16-8-9-17(23-13-14-5-2-1-3-6-14)15(11-16)12-20-18-7-4-10-21-22-18;1-3-4(2)5(6)7/h1-11H,12-13H2,(H,20,22);4H,3H2,1-2H3,(H,6,7). The normalized spacial score (nSPS) is 11.0. The predicted molar refractivity (Wildman–Crippen MR) is 121 cm³/mol. The van der Waals surface area contributed by atoms with Crippen LogP contribution in [0.5, 0.6) is 5.75 Å². The van der Waals surface area contributed by atoms with Gasteiger partial charge in [0.05, 0.1) is 5.92 Å². The van der Waals surface area contributed by atoms with Crippen molar-refractivity contribution in [3.8, 4) is 5.75 Å². The van der Waals surface area contributed by atoms with Gasteiger partial charge >= 0.3 is 5.97 Å². The number of aliphatic carboxylic acids is 1. The number of anilines is 1. The molecule has 0 bridgehead atoms. The first kappa shape index (κ1) is 23.3. The third-order valence-corrected chi connectivity index (χ3v) is 4.82. The van der Waals surface area contributed by atoms with Crippen molar-refractivity contribution in [2.75, 3.05) is 5.32 Å². The molecule has 1 aromatic heterocycles. The van der Waals surface area contributed by atoms with E-state index in [-0.39, 0.29) is 5.92 Å². The number of aromatic nitrogens is 2. The number of halogens is 1. The Labute approximate surface area is 185 Å². The third kappa shape index (κ3) is 8.21. The molecule has 0 amide bonds. The van der Waals surface area contributed by atoms with Crippen LogP contribution >= 0.6 is 15.9 Å². The molecule has 2 aromatic carbocycles. The van der Waals surface area contributed by atoms with Gasteiger partial charge in [0.2, 0.25) is 0 Å². The Morgan fingerprint density at radius 2 is 1.93 bits per heavy atom. The SMILES string of the molecule is Brc1ccc(OCc2ccccc2)c(CNc2cccnn2)c1.CCC(C)C(=O)O. The molecule has 30 heavy (non-hydrogen) atoms. The summed E-state index contributed by atoms with van der Waals surface area (Å²) in [6, 6.07) is 19.9. The lowest BCUT2D eigenvalue weighted by Gasteiger charge is -2.13. The highest BCUT2D eigenvalue weighted by atomic mass is 79.9. The van der Waals surface area contributed by atoms with Gasteiger partial charge in [-0.05, 0) is 42.3 Å². The number of nitrogens with one attached hydrogen (secondary N) is 1. The fourth-order valence-corrected chi connectivity index (χ4v) is 2.73. The van der Waals surface area contributed by atoms with Gasteiger partial charge in [-0.1, -0.05) is 60.1 Å². The zero-order valence-electron chi connectivity index (χ0n) is 17.1. The Morgan fingerprint density at radius 3 is 2.53 bits per heavy atom. The summed E-state index contributed by atoms with van der Waals surface area (Å²) in [4.78, 5) is 9.93. The largest absolute Gasteiger partial charge is 0.489 e. The van der Waals surface area contributed by atoms with Gasteiger partial charge in [-0.25, -0.2) is 0 Å². The molecule has 3 aromatic rings. The number of nitrogens with zero attached hydrogens (tertiary/aromatic N) is 2. The molecule has 0 aliphatic heterocycles. The fraction of sp³-hybridized carbons (Fsp3) is 0.261. The molecule has 0 radical (unpaired) electrons. The van der Waals surface area contributed by atoms with E-state index in [0.717, 1.165) is 33.6 Å². The van der Waals surface area contributed by atoms with E-state index in [1.807, 2.05) is 55.5 Å². The second-order valence-corrected chi connectivity index (χ2v) is 7.55. The molecule has 1 heterocycles. The molecule has 0 saturated carbocycles. The molecule has 0 aliphatic rings. The average Bonchev–Trinajstić information content (AvgIpc) is 2.78. The van der Waals surface area contributed by atoms with Crippen LogP contribution in [0.25, 0.3) is 0 Å². The lowest BCUT2D eigenvalue weighted by atomic mass is 10.1. The summed E-state index contributed by atoms with van der Waals surface area (Å²) >= 11 is 3.51. The molecule has 6 nitrogen and oxygen atoms in total. The van der Waals surface area contributed by atoms with Crippen LogP contribution in [0.3, 0.4) is 0 Å². The Bertz CT molecular complexity index is 908. The summed E-state index contributed by atoms with van der Waals surface area (Å²) < 4.78 is 6.98. The van der Waals surface area contributed by atoms with E-state index in [2.05, 4.69) is 43.6 Å². The van der Waals surface area contributed by atoms with E-state index >= 15 is 0 Å². The second kappa shape index (κ2) is 12.6. The van der Waals surface area contributed by atoms with Gasteiger partial charge in [-0.2, -0.15) is 5.10 Å². The van der Waals surface area contributed by atoms with Crippen LogP contribution < -0.4 is 10.1 Å². The van der Waals surface area contributed by atoms with Crippen LogP contribution in [0.15, 0.2) is 71.3 Å². The molecule has 158 valence electrons. The summed E-state index contributed by atoms with van der Waals surface area (Å²) in [5, 5.41) is 19.3. The van der Waals surface area contributed by atoms with E-state index in [0.29, 0.717) is 13.2 Å². The molecule has 0 fully saturated rings. The highest BCUT2D eigenvalue weighted by molar-refractivity contribution is 9.10. The number of hydrogen-bond donors (Lipinski definition) is 2. The van der Waals surface area contributed by atoms with Crippen molar-refractivity contribution in [3.63, 3.8) is 0 Å². The quantitative estimate of drug-likeness (QED) is 0.448. The van der Waals surface area contributed by atoms with Crippen LogP contribution in [0.2, 0.25) is 0 Å². The van der Waals surface area contributed by atoms with Crippen molar-refractivity contribution in [3.05, 3.63) is 82.5 Å². The number of benzene rings is 2. The molecule has 1 atom stereocenters. The molecular weight excluding hydrogens is 446 g/mol. The van der Waals surface area contributed by atoms with Crippen LogP contribution in [0.4, 0.5) is 5.82 Å². The Morgan fingerprint density at radius 1 is 1.17 bits per heavy atom. The van der Waals surface area contributed by atoms with Crippen LogP contribution in [0, 0.1) is 5.92 Å². The fourth-order valence-electron chi connectivity index (χ4n) is 2.32. The molecule has 0 saturated heterocycles. The zero-order valence-corrected chi connectivity index (χ0v) is 18.7. The Hall–Kier alpha value is -2.93. The number of carboxylic acids is 1. The van der Waals surface area contributed by atoms with Gasteiger partial charge in [0.15, 0.2) is 0 Å². The maximum absolute atomic E-state index is 9.93. The van der Waals surface area contributed by atoms with E-state index in [9.17, 15) is 4.79 Å². The van der Waals surface area contributed by atoms with E-state index in [4.69, 9.17) is 9.84 Å². The zero-order chi connectivity index (χ0) is 21.8. The van der Waals surface area contributed by atoms with Crippen molar-refractivity contribution < 1.29 is 14.6 Å². The van der Waals surface area contributed by atoms with Crippen molar-refractivity contribution >= 4 is 27.7 Å². The van der Waals surface area contributed by atoms with Gasteiger partial charge < -0.3 is 15.2 Å². The van der Waals surface area contributed by atoms with Crippen molar-refractivity contribution in [1.29, 1.82) is 0 Å². The van der Waals surface area contributed by atoms with Gasteiger partial charge in [-0.3, -0.25) is 4.79 Å². The lowest BCUT2D eigenvalue weighted by molar-refractivity contribution is -0.141. The van der Waals surface area contributed by atoms with Crippen molar-refractivity contribution in [1.82, 2.24) is 10.2 Å². The minimum absolute atomic E-state index is 0.181. The Balaban J connectivity index is 0.000000396. The van der Waals surface area contributed by atoms with E-state index < -0.39 is 5.97 Å². The molecule has 0 spiro atoms. The minimum Gasteiger partial charge on any atom is -0.489 e. The molecule has 2 N–H and O–H groups in total. The number of hydrogen-bond acceptors (Lipinski definition) is 5. The summed E-state index contributed by atoms with van der Waals surface area (Å²) in [7, 11) is 0. The van der Waals surface area contributed by atoms with Gasteiger partial charge in [-0.15, -0.1) is 5.10 Å². The minimum atomic E-state index is -0.706. The number of ether oxygens (including phenoxy) is 1. The number of carboxylic acid groups (broad SMARTS) is 1. The highest BCUT2D eigenvalue weighted by Crippen LogP contribution is 2.25. The lowest BCUT2D eigenvalue weighted by Crippen LogP contribution is -2.06. The van der Waals surface area contributed by atoms with Crippen molar-refractivity contribution in [2.24, 2.45) is 5.92 Å². The van der Waals surface area contributed by atoms with Gasteiger partial charge in [0.25, 0.3) is 0 Å². The smallest absolute Gasteiger partial charge is 0.306 e. The maximum atomic E-state index is 9.93. The number of rotatable bonds is 8. The maximum Gasteiger partial charge on any atom is 0.306 e. The van der Waals surface area contributed by atoms with E-state index in [1.54, 1.807) is 13.1 Å². The number of carbonyl (C=O) groups is 1.